The summed E-state index contributed by atoms with van der Waals surface area (Å²) in [4.78, 5) is 36.8. The van der Waals surface area contributed by atoms with Gasteiger partial charge in [-0.1, -0.05) is 23.4 Å². The highest BCUT2D eigenvalue weighted by Crippen LogP contribution is 2.43. The summed E-state index contributed by atoms with van der Waals surface area (Å²) < 4.78 is 25.1. The van der Waals surface area contributed by atoms with Crippen LogP contribution < -0.4 is 9.64 Å². The van der Waals surface area contributed by atoms with E-state index in [2.05, 4.69) is 28.0 Å². The van der Waals surface area contributed by atoms with Crippen LogP contribution >= 0.6 is 0 Å². The van der Waals surface area contributed by atoms with Gasteiger partial charge in [0, 0.05) is 31.7 Å². The summed E-state index contributed by atoms with van der Waals surface area (Å²) in [5, 5.41) is 3.86. The molecule has 200 valence electrons. The fourth-order valence-corrected chi connectivity index (χ4v) is 5.52. The molecule has 3 amide bonds. The van der Waals surface area contributed by atoms with E-state index in [4.69, 9.17) is 9.26 Å². The van der Waals surface area contributed by atoms with E-state index in [1.165, 1.54) is 17.0 Å². The standard InChI is InChI=1S/C28H32FN5O4/c1-18(2)37-24-10-5-7-21(13-24)16-32-12-11-28(15-19(32)3)26(35)33(17-25-30-20(4)38-31-25)27(36)34(28)23-9-6-8-22(29)14-23/h5-10,13-14,18-19H,11-12,15-17H2,1-4H3/t19-,28?/m0/s1. The number of carbonyl (C=O) groups excluding carboxylic acids is 2. The molecule has 2 aliphatic heterocycles. The zero-order chi connectivity index (χ0) is 27.0. The molecule has 3 aromatic rings. The summed E-state index contributed by atoms with van der Waals surface area (Å²) in [6, 6.07) is 13.3. The van der Waals surface area contributed by atoms with Gasteiger partial charge in [-0.05, 0) is 69.5 Å². The van der Waals surface area contributed by atoms with Crippen molar-refractivity contribution in [3.05, 3.63) is 71.6 Å². The maximum atomic E-state index is 14.3. The first kappa shape index (κ1) is 25.8. The highest BCUT2D eigenvalue weighted by Gasteiger charge is 2.60. The van der Waals surface area contributed by atoms with E-state index in [1.807, 2.05) is 32.0 Å². The molecule has 2 saturated heterocycles. The lowest BCUT2D eigenvalue weighted by Gasteiger charge is -2.45. The van der Waals surface area contributed by atoms with Crippen molar-refractivity contribution < 1.29 is 23.2 Å². The van der Waals surface area contributed by atoms with Gasteiger partial charge in [0.1, 0.15) is 17.1 Å². The average Bonchev–Trinajstić information content (AvgIpc) is 3.35. The second-order valence-corrected chi connectivity index (χ2v) is 10.3. The number of hydrogen-bond acceptors (Lipinski definition) is 7. The summed E-state index contributed by atoms with van der Waals surface area (Å²) in [7, 11) is 0. The minimum absolute atomic E-state index is 0.0291. The molecule has 3 heterocycles. The second kappa shape index (κ2) is 10.2. The van der Waals surface area contributed by atoms with Crippen LogP contribution in [0.25, 0.3) is 0 Å². The van der Waals surface area contributed by atoms with Crippen LogP contribution in [0, 0.1) is 12.7 Å². The SMILES string of the molecule is Cc1nc(CN2C(=O)N(c3cccc(F)c3)C3(CCN(Cc4cccc(OC(C)C)c4)[C@@H](C)C3)C2=O)no1. The summed E-state index contributed by atoms with van der Waals surface area (Å²) >= 11 is 0. The zero-order valence-corrected chi connectivity index (χ0v) is 22.1. The molecule has 2 aromatic carbocycles. The summed E-state index contributed by atoms with van der Waals surface area (Å²) in [5.41, 5.74) is 0.326. The number of aromatic nitrogens is 2. The van der Waals surface area contributed by atoms with Crippen molar-refractivity contribution in [3.63, 3.8) is 0 Å². The molecule has 1 aromatic heterocycles. The molecule has 1 spiro atoms. The number of amides is 3. The van der Waals surface area contributed by atoms with Crippen LogP contribution in [0.3, 0.4) is 0 Å². The highest BCUT2D eigenvalue weighted by molar-refractivity contribution is 6.16. The molecule has 2 fully saturated rings. The van der Waals surface area contributed by atoms with E-state index >= 15 is 0 Å². The molecule has 2 atom stereocenters. The van der Waals surface area contributed by atoms with Crippen LogP contribution in [0.15, 0.2) is 53.1 Å². The van der Waals surface area contributed by atoms with Crippen LogP contribution in [-0.2, 0) is 17.9 Å². The molecule has 10 heteroatoms. The molecule has 9 nitrogen and oxygen atoms in total. The number of piperidine rings is 1. The smallest absolute Gasteiger partial charge is 0.332 e. The van der Waals surface area contributed by atoms with Crippen molar-refractivity contribution >= 4 is 17.6 Å². The Hall–Kier alpha value is -3.79. The number of imide groups is 1. The quantitative estimate of drug-likeness (QED) is 0.416. The van der Waals surface area contributed by atoms with Crippen LogP contribution in [0.2, 0.25) is 0 Å². The normalized spacial score (nSPS) is 22.2. The van der Waals surface area contributed by atoms with Gasteiger partial charge in [-0.15, -0.1) is 0 Å². The Kier molecular flexibility index (Phi) is 6.92. The molecule has 0 saturated carbocycles. The number of nitrogens with zero attached hydrogens (tertiary/aromatic N) is 5. The number of rotatable bonds is 7. The maximum absolute atomic E-state index is 14.3. The number of likely N-dealkylation sites (tertiary alicyclic amines) is 1. The predicted molar refractivity (Wildman–Crippen MR) is 138 cm³/mol. The lowest BCUT2D eigenvalue weighted by Crippen LogP contribution is -2.59. The van der Waals surface area contributed by atoms with E-state index in [0.717, 1.165) is 16.2 Å². The molecular weight excluding hydrogens is 489 g/mol. The molecule has 38 heavy (non-hydrogen) atoms. The average molecular weight is 522 g/mol. The number of carbonyl (C=O) groups is 2. The van der Waals surface area contributed by atoms with E-state index in [9.17, 15) is 14.0 Å². The van der Waals surface area contributed by atoms with Gasteiger partial charge in [0.15, 0.2) is 5.82 Å². The van der Waals surface area contributed by atoms with Crippen molar-refractivity contribution in [2.45, 2.75) is 71.3 Å². The van der Waals surface area contributed by atoms with Crippen molar-refractivity contribution in [3.8, 4) is 5.75 Å². The van der Waals surface area contributed by atoms with Crippen molar-refractivity contribution in [2.24, 2.45) is 0 Å². The Bertz CT molecular complexity index is 1340. The lowest BCUT2D eigenvalue weighted by molar-refractivity contribution is -0.133. The fraction of sp³-hybridized carbons (Fsp3) is 0.429. The van der Waals surface area contributed by atoms with Crippen LogP contribution in [0.1, 0.15) is 50.9 Å². The number of urea groups is 1. The van der Waals surface area contributed by atoms with Gasteiger partial charge >= 0.3 is 6.03 Å². The third-order valence-corrected chi connectivity index (χ3v) is 7.15. The Morgan fingerprint density at radius 1 is 1.16 bits per heavy atom. The van der Waals surface area contributed by atoms with E-state index < -0.39 is 17.4 Å². The number of anilines is 1. The summed E-state index contributed by atoms with van der Waals surface area (Å²) in [5.74, 6) is 0.613. The Balaban J connectivity index is 1.42. The van der Waals surface area contributed by atoms with E-state index in [1.54, 1.807) is 19.1 Å². The Morgan fingerprint density at radius 2 is 1.95 bits per heavy atom. The third kappa shape index (κ3) is 4.88. The monoisotopic (exact) mass is 521 g/mol. The molecule has 0 radical (unpaired) electrons. The largest absolute Gasteiger partial charge is 0.491 e. The third-order valence-electron chi connectivity index (χ3n) is 7.15. The van der Waals surface area contributed by atoms with Gasteiger partial charge in [0.2, 0.25) is 5.89 Å². The van der Waals surface area contributed by atoms with E-state index in [-0.39, 0.29) is 30.4 Å². The first-order valence-corrected chi connectivity index (χ1v) is 12.9. The molecular formula is C28H32FN5O4. The summed E-state index contributed by atoms with van der Waals surface area (Å²) in [6.45, 7) is 8.84. The van der Waals surface area contributed by atoms with Gasteiger partial charge in [0.05, 0.1) is 12.6 Å². The molecule has 1 unspecified atom stereocenters. The summed E-state index contributed by atoms with van der Waals surface area (Å²) in [6.07, 6.45) is 0.888. The molecule has 5 rings (SSSR count). The molecule has 0 bridgehead atoms. The Labute approximate surface area is 221 Å². The van der Waals surface area contributed by atoms with Gasteiger partial charge in [-0.2, -0.15) is 4.98 Å². The van der Waals surface area contributed by atoms with Gasteiger partial charge in [0.25, 0.3) is 5.91 Å². The second-order valence-electron chi connectivity index (χ2n) is 10.3. The zero-order valence-electron chi connectivity index (χ0n) is 22.1. The number of ether oxygens (including phenoxy) is 1. The minimum Gasteiger partial charge on any atom is -0.491 e. The predicted octanol–water partition coefficient (Wildman–Crippen LogP) is 4.70. The number of benzene rings is 2. The van der Waals surface area contributed by atoms with Crippen molar-refractivity contribution in [1.82, 2.24) is 19.9 Å². The molecule has 2 aliphatic rings. The van der Waals surface area contributed by atoms with Crippen LogP contribution in [0.4, 0.5) is 14.9 Å². The van der Waals surface area contributed by atoms with Crippen LogP contribution in [0.5, 0.6) is 5.75 Å². The lowest BCUT2D eigenvalue weighted by atomic mass is 9.81. The topological polar surface area (TPSA) is 92.0 Å². The van der Waals surface area contributed by atoms with Crippen LogP contribution in [-0.4, -0.2) is 56.1 Å². The first-order chi connectivity index (χ1) is 18.2. The highest BCUT2D eigenvalue weighted by atomic mass is 19.1. The van der Waals surface area contributed by atoms with Gasteiger partial charge in [-0.3, -0.25) is 19.5 Å². The molecule has 0 N–H and O–H groups in total. The first-order valence-electron chi connectivity index (χ1n) is 12.9. The molecule has 0 aliphatic carbocycles. The number of halogens is 1. The van der Waals surface area contributed by atoms with Gasteiger partial charge in [-0.25, -0.2) is 9.18 Å². The number of aryl methyl sites for hydroxylation is 1. The van der Waals surface area contributed by atoms with Gasteiger partial charge < -0.3 is 9.26 Å². The number of hydrogen-bond donors (Lipinski definition) is 0. The maximum Gasteiger partial charge on any atom is 0.332 e. The van der Waals surface area contributed by atoms with Crippen molar-refractivity contribution in [1.29, 1.82) is 0 Å². The minimum atomic E-state index is -1.14. The van der Waals surface area contributed by atoms with Crippen molar-refractivity contribution in [2.75, 3.05) is 11.4 Å². The van der Waals surface area contributed by atoms with E-state index in [0.29, 0.717) is 37.5 Å². The fourth-order valence-electron chi connectivity index (χ4n) is 5.52. The Morgan fingerprint density at radius 3 is 2.63 bits per heavy atom.